The molecule has 0 aliphatic carbocycles. The molecule has 71 heavy (non-hydrogen) atoms. The Kier molecular flexibility index (Phi) is 19.6. The van der Waals surface area contributed by atoms with Gasteiger partial charge in [0.15, 0.2) is 31.5 Å². The van der Waals surface area contributed by atoms with E-state index in [-0.39, 0.29) is 81.5 Å². The first-order chi connectivity index (χ1) is 33.3. The fourth-order valence-electron chi connectivity index (χ4n) is 8.04. The van der Waals surface area contributed by atoms with Gasteiger partial charge in [0.2, 0.25) is 23.2 Å². The minimum Gasteiger partial charge on any atom is -0.491 e. The number of methoxy groups -OCH3 is 2. The van der Waals surface area contributed by atoms with Crippen LogP contribution >= 0.6 is 23.2 Å². The molecule has 0 bridgehead atoms. The average Bonchev–Trinajstić information content (AvgIpc) is 3.33. The Bertz CT molecular complexity index is 2450. The van der Waals surface area contributed by atoms with Crippen molar-refractivity contribution < 1.29 is 86.2 Å². The maximum Gasteiger partial charge on any atom is 0.224 e. The number of hydrogen-bond donors (Lipinski definition) is 7. The maximum atomic E-state index is 14.8. The monoisotopic (exact) mass is 1060 g/mol. The molecule has 0 saturated carbocycles. The summed E-state index contributed by atoms with van der Waals surface area (Å²) in [6.07, 6.45) is -12.2. The van der Waals surface area contributed by atoms with E-state index in [0.717, 1.165) is 0 Å². The number of halogens is 6. The molecule has 0 aromatic heterocycles. The van der Waals surface area contributed by atoms with Crippen LogP contribution in [0.1, 0.15) is 68.0 Å². The minimum atomic E-state index is -2.24. The van der Waals surface area contributed by atoms with E-state index in [2.05, 4.69) is 20.8 Å². The number of rotatable bonds is 16. The highest BCUT2D eigenvalue weighted by Crippen LogP contribution is 2.44. The van der Waals surface area contributed by atoms with E-state index in [1.54, 1.807) is 26.0 Å². The number of hydrogen-bond acceptors (Lipinski definition) is 14. The molecule has 0 unspecified atom stereocenters. The Labute approximate surface area is 421 Å². The highest BCUT2D eigenvalue weighted by Gasteiger charge is 2.57. The maximum absolute atomic E-state index is 14.8. The van der Waals surface area contributed by atoms with E-state index in [1.165, 1.54) is 62.8 Å². The summed E-state index contributed by atoms with van der Waals surface area (Å²) in [4.78, 5) is 0. The molecule has 21 heteroatoms. The van der Waals surface area contributed by atoms with Crippen LogP contribution in [0, 0.1) is 23.3 Å². The van der Waals surface area contributed by atoms with Crippen LogP contribution in [0.5, 0.6) is 11.5 Å². The second-order valence-corrected chi connectivity index (χ2v) is 24.3. The van der Waals surface area contributed by atoms with Crippen molar-refractivity contribution in [3.8, 4) is 11.5 Å². The number of benzene rings is 4. The van der Waals surface area contributed by atoms with Crippen molar-refractivity contribution in [3.05, 3.63) is 127 Å². The quantitative estimate of drug-likeness (QED) is 0.0456. The van der Waals surface area contributed by atoms with Crippen LogP contribution in [0.15, 0.2) is 60.7 Å². The minimum absolute atomic E-state index is 0.0188. The Morgan fingerprint density at radius 1 is 0.592 bits per heavy atom. The first-order valence-electron chi connectivity index (χ1n) is 22.9. The van der Waals surface area contributed by atoms with Gasteiger partial charge in [0.05, 0.1) is 26.4 Å². The molecule has 394 valence electrons. The highest BCUT2D eigenvalue weighted by molar-refractivity contribution is 6.74. The van der Waals surface area contributed by atoms with Crippen LogP contribution < -0.4 is 9.47 Å². The van der Waals surface area contributed by atoms with E-state index in [0.29, 0.717) is 11.1 Å². The van der Waals surface area contributed by atoms with Crippen LogP contribution in [-0.4, -0.2) is 134 Å². The van der Waals surface area contributed by atoms with Crippen molar-refractivity contribution in [1.82, 2.24) is 0 Å². The molecule has 14 nitrogen and oxygen atoms in total. The topological polar surface area (TPSA) is 206 Å². The summed E-state index contributed by atoms with van der Waals surface area (Å²) in [7, 11) is 0.280. The molecule has 2 fully saturated rings. The van der Waals surface area contributed by atoms with Crippen molar-refractivity contribution >= 4 is 31.5 Å². The van der Waals surface area contributed by atoms with Crippen LogP contribution in [0.4, 0.5) is 17.6 Å². The standard InChI is InChI=1S/C28H39ClF2O7Si.C22H25ClF2O7/c1-8-36-20-12-9-16(22(30)23(20)31)13-17-14-18(10-11-19(17)29)28(35-5)26(34)25(33)24(32)21(38-28)15-37-39(6,7)27(2,3)4;1-3-31-15-7-4-11(17(24)18(15)25)8-12-9-13(5-6-14(12)23)22(30-2)21(29)20(28)19(27)16(10-26)32-22/h9-12,14,21,24-26,32-34H,8,13,15H2,1-7H3;4-7,9,16,19-21,26-29H,3,8,10H2,1-2H3/t21-,24-,25+,26-,28+;16-,19-,20+,21-,22+/m11/s1. The molecule has 2 heterocycles. The Morgan fingerprint density at radius 2 is 0.986 bits per heavy atom. The molecule has 2 aliphatic rings. The fraction of sp³-hybridized carbons (Fsp3) is 0.520. The lowest BCUT2D eigenvalue weighted by atomic mass is 9.87. The number of ether oxygens (including phenoxy) is 6. The van der Waals surface area contributed by atoms with Crippen LogP contribution in [0.2, 0.25) is 28.2 Å². The van der Waals surface area contributed by atoms with Gasteiger partial charge in [0, 0.05) is 48.2 Å². The van der Waals surface area contributed by atoms with Gasteiger partial charge in [0.1, 0.15) is 48.8 Å². The SMILES string of the molecule is CCOc1ccc(Cc2cc([C@]3(OC)O[C@H](CO)[C@@H](O)[C@H](O)[C@H]3O)ccc2Cl)c(F)c1F.CCOc1ccc(Cc2cc([C@]3(OC)O[C@H](CO[Si](C)(C)C(C)(C)C)[C@@H](O)[C@H](O)[C@H]3O)ccc2Cl)c(F)c1F. The number of aliphatic hydroxyl groups is 7. The first-order valence-corrected chi connectivity index (χ1v) is 26.5. The molecule has 2 saturated heterocycles. The van der Waals surface area contributed by atoms with Crippen molar-refractivity contribution in [3.63, 3.8) is 0 Å². The molecular weight excluding hydrogens is 1000 g/mol. The van der Waals surface area contributed by atoms with Gasteiger partial charge in [-0.15, -0.1) is 0 Å². The predicted molar refractivity (Wildman–Crippen MR) is 257 cm³/mol. The van der Waals surface area contributed by atoms with Crippen LogP contribution in [0.3, 0.4) is 0 Å². The van der Waals surface area contributed by atoms with Crippen molar-refractivity contribution in [2.45, 2.75) is 126 Å². The molecule has 2 aliphatic heterocycles. The summed E-state index contributed by atoms with van der Waals surface area (Å²) in [6, 6.07) is 14.5. The van der Waals surface area contributed by atoms with Crippen molar-refractivity contribution in [2.24, 2.45) is 0 Å². The van der Waals surface area contributed by atoms with Crippen LogP contribution in [-0.2, 0) is 47.8 Å². The molecule has 6 rings (SSSR count). The second-order valence-electron chi connectivity index (χ2n) is 18.7. The van der Waals surface area contributed by atoms with E-state index in [1.807, 2.05) is 13.1 Å². The van der Waals surface area contributed by atoms with Gasteiger partial charge in [-0.05, 0) is 90.6 Å². The van der Waals surface area contributed by atoms with Gasteiger partial charge >= 0.3 is 0 Å². The van der Waals surface area contributed by atoms with Gasteiger partial charge in [0.25, 0.3) is 0 Å². The second kappa shape index (κ2) is 23.8. The lowest BCUT2D eigenvalue weighted by Gasteiger charge is -2.49. The van der Waals surface area contributed by atoms with E-state index in [4.69, 9.17) is 56.0 Å². The molecule has 0 spiro atoms. The Hall–Kier alpha value is -3.48. The first kappa shape index (κ1) is 58.4. The summed E-state index contributed by atoms with van der Waals surface area (Å²) < 4.78 is 97.5. The molecule has 0 amide bonds. The Balaban J connectivity index is 0.000000269. The van der Waals surface area contributed by atoms with Crippen LogP contribution in [0.25, 0.3) is 0 Å². The molecule has 4 aromatic carbocycles. The fourth-order valence-corrected chi connectivity index (χ4v) is 9.42. The smallest absolute Gasteiger partial charge is 0.224 e. The molecule has 10 atom stereocenters. The summed E-state index contributed by atoms with van der Waals surface area (Å²) in [5.74, 6) is -8.58. The van der Waals surface area contributed by atoms with Gasteiger partial charge < -0.3 is 68.6 Å². The third-order valence-corrected chi connectivity index (χ3v) is 18.5. The third-order valence-electron chi connectivity index (χ3n) is 13.3. The molecular formula is C50H64Cl2F4O14Si. The van der Waals surface area contributed by atoms with Crippen molar-refractivity contribution in [2.75, 3.05) is 40.6 Å². The van der Waals surface area contributed by atoms with E-state index >= 15 is 0 Å². The normalized spacial score (nSPS) is 27.0. The van der Waals surface area contributed by atoms with Gasteiger partial charge in [-0.2, -0.15) is 8.78 Å². The van der Waals surface area contributed by atoms with Crippen molar-refractivity contribution in [1.29, 1.82) is 0 Å². The lowest BCUT2D eigenvalue weighted by Crippen LogP contribution is -2.64. The van der Waals surface area contributed by atoms with Gasteiger partial charge in [-0.1, -0.05) is 68.2 Å². The largest absolute Gasteiger partial charge is 0.491 e. The predicted octanol–water partition coefficient (Wildman–Crippen LogP) is 6.79. The average molecular weight is 1060 g/mol. The van der Waals surface area contributed by atoms with Gasteiger partial charge in [-0.3, -0.25) is 0 Å². The molecule has 0 radical (unpaired) electrons. The zero-order valence-corrected chi connectivity index (χ0v) is 43.4. The Morgan fingerprint density at radius 3 is 1.35 bits per heavy atom. The van der Waals surface area contributed by atoms with Gasteiger partial charge in [-0.25, -0.2) is 8.78 Å². The molecule has 4 aromatic rings. The summed E-state index contributed by atoms with van der Waals surface area (Å²) in [6.45, 7) is 13.3. The third kappa shape index (κ3) is 12.1. The highest BCUT2D eigenvalue weighted by atomic mass is 35.5. The van der Waals surface area contributed by atoms with E-state index < -0.39 is 98.6 Å². The summed E-state index contributed by atoms with van der Waals surface area (Å²) in [5, 5.41) is 73.4. The zero-order chi connectivity index (χ0) is 53.0. The summed E-state index contributed by atoms with van der Waals surface area (Å²) in [5.41, 5.74) is 1.29. The molecule has 7 N–H and O–H groups in total. The van der Waals surface area contributed by atoms with E-state index in [9.17, 15) is 53.3 Å². The lowest BCUT2D eigenvalue weighted by molar-refractivity contribution is -0.366. The summed E-state index contributed by atoms with van der Waals surface area (Å²) >= 11 is 12.7. The number of aliphatic hydroxyl groups excluding tert-OH is 7. The zero-order valence-electron chi connectivity index (χ0n) is 40.9.